The third-order valence-corrected chi connectivity index (χ3v) is 4.92. The maximum atomic E-state index is 12.5. The Kier molecular flexibility index (Phi) is 3.18. The molecule has 118 valence electrons. The first-order valence-electron chi connectivity index (χ1n) is 7.92. The highest BCUT2D eigenvalue weighted by Crippen LogP contribution is 2.34. The van der Waals surface area contributed by atoms with Gasteiger partial charge in [0.05, 0.1) is 10.9 Å². The molecule has 0 aromatic carbocycles. The van der Waals surface area contributed by atoms with Gasteiger partial charge in [-0.2, -0.15) is 0 Å². The average Bonchev–Trinajstić information content (AvgIpc) is 3.04. The minimum atomic E-state index is -0.378. The molecule has 4 rings (SSSR count). The maximum Gasteiger partial charge on any atom is 0.329 e. The highest BCUT2D eigenvalue weighted by molar-refractivity contribution is 6.01. The second-order valence-corrected chi connectivity index (χ2v) is 6.19. The monoisotopic (exact) mass is 310 g/mol. The van der Waals surface area contributed by atoms with Crippen LogP contribution >= 0.6 is 0 Å². The molecule has 1 fully saturated rings. The van der Waals surface area contributed by atoms with Gasteiger partial charge in [-0.05, 0) is 37.7 Å². The highest BCUT2D eigenvalue weighted by atomic mass is 16.2. The Bertz CT molecular complexity index is 1000. The number of fused-ring (bicyclic) bond motifs is 3. The average molecular weight is 310 g/mol. The summed E-state index contributed by atoms with van der Waals surface area (Å²) in [6, 6.07) is 1.97. The lowest BCUT2D eigenvalue weighted by atomic mass is 9.86. The van der Waals surface area contributed by atoms with Gasteiger partial charge in [-0.1, -0.05) is 6.08 Å². The third-order valence-electron chi connectivity index (χ3n) is 4.92. The summed E-state index contributed by atoms with van der Waals surface area (Å²) in [6.07, 6.45) is 9.17. The molecular weight excluding hydrogens is 292 g/mol. The fraction of sp³-hybridized carbons (Fsp3) is 0.353. The van der Waals surface area contributed by atoms with Crippen LogP contribution in [0.3, 0.4) is 0 Å². The molecular formula is C17H18N4O2. The molecule has 0 aliphatic heterocycles. The Morgan fingerprint density at radius 2 is 2.00 bits per heavy atom. The molecule has 23 heavy (non-hydrogen) atoms. The number of H-pyrrole nitrogens is 2. The normalized spacial score (nSPS) is 21.7. The summed E-state index contributed by atoms with van der Waals surface area (Å²) >= 11 is 0. The number of rotatable bonds is 2. The number of allylic oxidation sites excluding steroid dienone is 1. The van der Waals surface area contributed by atoms with Gasteiger partial charge in [0.1, 0.15) is 5.65 Å². The molecule has 3 heterocycles. The van der Waals surface area contributed by atoms with Crippen LogP contribution in [0.5, 0.6) is 0 Å². The van der Waals surface area contributed by atoms with Gasteiger partial charge < -0.3 is 4.98 Å². The zero-order chi connectivity index (χ0) is 16.0. The molecule has 0 amide bonds. The molecule has 3 aromatic heterocycles. The summed E-state index contributed by atoms with van der Waals surface area (Å²) in [7, 11) is 0. The SMILES string of the molecule is C=CC1CCC(n2c(=O)[nH]c(=O)c3cnc4[nH]ccc4c32)CC1. The largest absolute Gasteiger partial charge is 0.346 e. The van der Waals surface area contributed by atoms with Crippen molar-refractivity contribution in [3.05, 3.63) is 52.0 Å². The number of hydrogen-bond acceptors (Lipinski definition) is 3. The second kappa shape index (κ2) is 5.22. The fourth-order valence-electron chi connectivity index (χ4n) is 3.69. The van der Waals surface area contributed by atoms with E-state index in [1.165, 1.54) is 6.20 Å². The van der Waals surface area contributed by atoms with Gasteiger partial charge in [0.25, 0.3) is 5.56 Å². The van der Waals surface area contributed by atoms with Gasteiger partial charge in [0, 0.05) is 23.8 Å². The van der Waals surface area contributed by atoms with Gasteiger partial charge in [0.15, 0.2) is 0 Å². The van der Waals surface area contributed by atoms with Gasteiger partial charge in [-0.3, -0.25) is 14.3 Å². The second-order valence-electron chi connectivity index (χ2n) is 6.19. The lowest BCUT2D eigenvalue weighted by Crippen LogP contribution is -2.34. The van der Waals surface area contributed by atoms with Crippen molar-refractivity contribution >= 4 is 21.9 Å². The molecule has 3 aromatic rings. The lowest BCUT2D eigenvalue weighted by Gasteiger charge is -2.29. The van der Waals surface area contributed by atoms with Gasteiger partial charge in [-0.15, -0.1) is 6.58 Å². The minimum absolute atomic E-state index is 0.0959. The molecule has 1 saturated carbocycles. The van der Waals surface area contributed by atoms with Gasteiger partial charge in [-0.25, -0.2) is 9.78 Å². The van der Waals surface area contributed by atoms with Crippen LogP contribution in [-0.2, 0) is 0 Å². The van der Waals surface area contributed by atoms with Crippen molar-refractivity contribution < 1.29 is 0 Å². The van der Waals surface area contributed by atoms with E-state index in [0.717, 1.165) is 31.1 Å². The topological polar surface area (TPSA) is 83.5 Å². The van der Waals surface area contributed by atoms with E-state index in [-0.39, 0.29) is 17.3 Å². The number of nitrogens with zero attached hydrogens (tertiary/aromatic N) is 2. The first-order chi connectivity index (χ1) is 11.2. The van der Waals surface area contributed by atoms with Crippen LogP contribution < -0.4 is 11.2 Å². The van der Waals surface area contributed by atoms with Crippen LogP contribution in [0.4, 0.5) is 0 Å². The van der Waals surface area contributed by atoms with E-state index >= 15 is 0 Å². The van der Waals surface area contributed by atoms with Crippen molar-refractivity contribution in [1.29, 1.82) is 0 Å². The molecule has 6 heteroatoms. The zero-order valence-corrected chi connectivity index (χ0v) is 12.7. The smallest absolute Gasteiger partial charge is 0.329 e. The first kappa shape index (κ1) is 14.0. The third kappa shape index (κ3) is 2.13. The van der Waals surface area contributed by atoms with E-state index in [1.807, 2.05) is 12.1 Å². The predicted octanol–water partition coefficient (Wildman–Crippen LogP) is 2.48. The van der Waals surface area contributed by atoms with Crippen molar-refractivity contribution in [1.82, 2.24) is 19.5 Å². The standard InChI is InChI=1S/C17H18N4O2/c1-2-10-3-5-11(6-4-10)21-14-12-7-8-18-15(12)19-9-13(14)16(22)20-17(21)23/h2,7-11H,1,3-6H2,(H,18,19)(H,20,22,23). The molecule has 0 unspecified atom stereocenters. The first-order valence-corrected chi connectivity index (χ1v) is 7.92. The van der Waals surface area contributed by atoms with E-state index in [9.17, 15) is 9.59 Å². The summed E-state index contributed by atoms with van der Waals surface area (Å²) in [5.74, 6) is 0.518. The van der Waals surface area contributed by atoms with E-state index in [2.05, 4.69) is 21.5 Å². The van der Waals surface area contributed by atoms with Crippen molar-refractivity contribution in [2.75, 3.05) is 0 Å². The van der Waals surface area contributed by atoms with E-state index in [4.69, 9.17) is 0 Å². The molecule has 1 aliphatic carbocycles. The van der Waals surface area contributed by atoms with Crippen LogP contribution in [0.15, 0.2) is 40.7 Å². The summed E-state index contributed by atoms with van der Waals surface area (Å²) in [4.78, 5) is 34.4. The molecule has 0 atom stereocenters. The summed E-state index contributed by atoms with van der Waals surface area (Å²) in [5.41, 5.74) is 0.665. The van der Waals surface area contributed by atoms with Crippen LogP contribution in [0.2, 0.25) is 0 Å². The van der Waals surface area contributed by atoms with Crippen molar-refractivity contribution in [3.8, 4) is 0 Å². The molecule has 2 N–H and O–H groups in total. The number of aromatic nitrogens is 4. The van der Waals surface area contributed by atoms with Gasteiger partial charge >= 0.3 is 5.69 Å². The Morgan fingerprint density at radius 1 is 1.22 bits per heavy atom. The van der Waals surface area contributed by atoms with E-state index < -0.39 is 0 Å². The van der Waals surface area contributed by atoms with Crippen LogP contribution in [-0.4, -0.2) is 19.5 Å². The number of aromatic amines is 2. The zero-order valence-electron chi connectivity index (χ0n) is 12.7. The van der Waals surface area contributed by atoms with Crippen molar-refractivity contribution in [3.63, 3.8) is 0 Å². The molecule has 0 radical (unpaired) electrons. The molecule has 0 saturated heterocycles. The van der Waals surface area contributed by atoms with E-state index in [1.54, 1.807) is 10.8 Å². The molecule has 0 spiro atoms. The fourth-order valence-corrected chi connectivity index (χ4v) is 3.69. The van der Waals surface area contributed by atoms with Crippen LogP contribution in [0.25, 0.3) is 21.9 Å². The Balaban J connectivity index is 1.98. The molecule has 1 aliphatic rings. The van der Waals surface area contributed by atoms with Crippen molar-refractivity contribution in [2.45, 2.75) is 31.7 Å². The van der Waals surface area contributed by atoms with Gasteiger partial charge in [0.2, 0.25) is 0 Å². The quantitative estimate of drug-likeness (QED) is 0.713. The minimum Gasteiger partial charge on any atom is -0.346 e. The number of nitrogens with one attached hydrogen (secondary N) is 2. The Morgan fingerprint density at radius 3 is 2.74 bits per heavy atom. The van der Waals surface area contributed by atoms with E-state index in [0.29, 0.717) is 22.5 Å². The van der Waals surface area contributed by atoms with Crippen LogP contribution in [0.1, 0.15) is 31.7 Å². The Hall–Kier alpha value is -2.63. The molecule has 0 bridgehead atoms. The predicted molar refractivity (Wildman–Crippen MR) is 89.7 cm³/mol. The maximum absolute atomic E-state index is 12.5. The van der Waals surface area contributed by atoms with Crippen LogP contribution in [0, 0.1) is 5.92 Å². The van der Waals surface area contributed by atoms with Crippen molar-refractivity contribution in [2.24, 2.45) is 5.92 Å². The molecule has 6 nitrogen and oxygen atoms in total. The highest BCUT2D eigenvalue weighted by Gasteiger charge is 2.24. The lowest BCUT2D eigenvalue weighted by molar-refractivity contribution is 0.307. The number of hydrogen-bond donors (Lipinski definition) is 2. The summed E-state index contributed by atoms with van der Waals surface area (Å²) in [6.45, 7) is 3.87. The Labute approximate surface area is 131 Å². The summed E-state index contributed by atoms with van der Waals surface area (Å²) < 4.78 is 1.76. The summed E-state index contributed by atoms with van der Waals surface area (Å²) in [5, 5.41) is 1.28. The number of pyridine rings is 1.